The summed E-state index contributed by atoms with van der Waals surface area (Å²) in [6.45, 7) is 4.57. The molecule has 0 aliphatic heterocycles. The number of benzene rings is 1. The molecule has 1 aromatic rings. The van der Waals surface area contributed by atoms with Crippen LogP contribution >= 0.6 is 0 Å². The second kappa shape index (κ2) is 7.50. The zero-order valence-electron chi connectivity index (χ0n) is 10.4. The molecule has 0 aromatic heterocycles. The van der Waals surface area contributed by atoms with Gasteiger partial charge in [0.2, 0.25) is 0 Å². The molecule has 1 rings (SSSR count). The quantitative estimate of drug-likeness (QED) is 0.486. The Hall–Kier alpha value is -1.81. The van der Waals surface area contributed by atoms with Crippen LogP contribution in [-0.2, 0) is 11.2 Å². The Bertz CT molecular complexity index is 387. The lowest BCUT2D eigenvalue weighted by molar-refractivity contribution is -0.138. The summed E-state index contributed by atoms with van der Waals surface area (Å²) in [7, 11) is 0. The maximum atomic E-state index is 10.6. The van der Waals surface area contributed by atoms with E-state index in [9.17, 15) is 4.79 Å². The van der Waals surface area contributed by atoms with Gasteiger partial charge in [-0.2, -0.15) is 0 Å². The van der Waals surface area contributed by atoms with Crippen molar-refractivity contribution in [1.82, 2.24) is 0 Å². The van der Waals surface area contributed by atoms with Crippen molar-refractivity contribution in [3.8, 4) is 0 Å². The summed E-state index contributed by atoms with van der Waals surface area (Å²) in [5.74, 6) is -0.971. The van der Waals surface area contributed by atoms with Gasteiger partial charge in [0.05, 0.1) is 0 Å². The molecule has 1 atom stereocenters. The van der Waals surface area contributed by atoms with Gasteiger partial charge in [0, 0.05) is 12.2 Å². The number of nitrogens with two attached hydrogens (primary N) is 1. The Morgan fingerprint density at radius 1 is 1.44 bits per heavy atom. The summed E-state index contributed by atoms with van der Waals surface area (Å²) in [6, 6.07) is 6.85. The van der Waals surface area contributed by atoms with Crippen molar-refractivity contribution >= 4 is 11.7 Å². The lowest BCUT2D eigenvalue weighted by Gasteiger charge is -2.09. The molecule has 1 aromatic carbocycles. The third kappa shape index (κ3) is 5.01. The number of unbranched alkanes of at least 4 members (excludes halogenated alkanes) is 1. The molecule has 0 aliphatic carbocycles. The van der Waals surface area contributed by atoms with Crippen LogP contribution in [0.5, 0.6) is 0 Å². The van der Waals surface area contributed by atoms with E-state index in [2.05, 4.69) is 11.9 Å². The second-order valence-corrected chi connectivity index (χ2v) is 4.20. The van der Waals surface area contributed by atoms with Gasteiger partial charge in [0.15, 0.2) is 0 Å². The maximum absolute atomic E-state index is 10.6. The van der Waals surface area contributed by atoms with Crippen LogP contribution in [0.25, 0.3) is 0 Å². The lowest BCUT2D eigenvalue weighted by Crippen LogP contribution is -2.32. The molecule has 0 bridgehead atoms. The van der Waals surface area contributed by atoms with Crippen LogP contribution in [0, 0.1) is 0 Å². The van der Waals surface area contributed by atoms with Crippen LogP contribution in [0.1, 0.15) is 18.4 Å². The fourth-order valence-corrected chi connectivity index (χ4v) is 1.58. The van der Waals surface area contributed by atoms with Crippen LogP contribution < -0.4 is 11.1 Å². The summed E-state index contributed by atoms with van der Waals surface area (Å²) in [6.07, 6.45) is 4.30. The predicted octanol–water partition coefficient (Wildman–Crippen LogP) is 2.02. The summed E-state index contributed by atoms with van der Waals surface area (Å²) in [4.78, 5) is 10.6. The van der Waals surface area contributed by atoms with Crippen molar-refractivity contribution in [2.24, 2.45) is 5.73 Å². The smallest absolute Gasteiger partial charge is 0.320 e. The zero-order chi connectivity index (χ0) is 13.4. The number of hydrogen-bond acceptors (Lipinski definition) is 3. The number of aliphatic carboxylic acids is 1. The SMILES string of the molecule is C=CCCCNc1ccc(CC(N)C(=O)O)cc1. The minimum absolute atomic E-state index is 0.353. The van der Waals surface area contributed by atoms with E-state index in [-0.39, 0.29) is 0 Å². The Kier molecular flexibility index (Phi) is 5.94. The average molecular weight is 248 g/mol. The minimum Gasteiger partial charge on any atom is -0.480 e. The highest BCUT2D eigenvalue weighted by molar-refractivity contribution is 5.73. The Morgan fingerprint density at radius 3 is 2.67 bits per heavy atom. The summed E-state index contributed by atoms with van der Waals surface area (Å²) < 4.78 is 0. The predicted molar refractivity (Wildman–Crippen MR) is 73.7 cm³/mol. The molecule has 0 fully saturated rings. The lowest BCUT2D eigenvalue weighted by atomic mass is 10.1. The van der Waals surface area contributed by atoms with Crippen molar-refractivity contribution in [2.45, 2.75) is 25.3 Å². The van der Waals surface area contributed by atoms with E-state index in [1.165, 1.54) is 0 Å². The number of nitrogens with one attached hydrogen (secondary N) is 1. The highest BCUT2D eigenvalue weighted by Crippen LogP contribution is 2.11. The first-order valence-electron chi connectivity index (χ1n) is 6.05. The molecule has 1 unspecified atom stereocenters. The number of carboxylic acid groups (broad SMARTS) is 1. The van der Waals surface area contributed by atoms with Crippen molar-refractivity contribution < 1.29 is 9.90 Å². The molecule has 0 saturated carbocycles. The van der Waals surface area contributed by atoms with Crippen LogP contribution in [0.3, 0.4) is 0 Å². The fraction of sp³-hybridized carbons (Fsp3) is 0.357. The van der Waals surface area contributed by atoms with E-state index in [0.29, 0.717) is 6.42 Å². The largest absolute Gasteiger partial charge is 0.480 e. The first kappa shape index (κ1) is 14.3. The fourth-order valence-electron chi connectivity index (χ4n) is 1.58. The van der Waals surface area contributed by atoms with Crippen molar-refractivity contribution in [1.29, 1.82) is 0 Å². The minimum atomic E-state index is -0.971. The van der Waals surface area contributed by atoms with Crippen LogP contribution in [0.4, 0.5) is 5.69 Å². The molecule has 4 N–H and O–H groups in total. The second-order valence-electron chi connectivity index (χ2n) is 4.20. The standard InChI is InChI=1S/C14H20N2O2/c1-2-3-4-9-16-12-7-5-11(6-8-12)10-13(15)14(17)18/h2,5-8,13,16H,1,3-4,9-10,15H2,(H,17,18). The Labute approximate surface area is 108 Å². The van der Waals surface area contributed by atoms with Gasteiger partial charge in [-0.15, -0.1) is 6.58 Å². The Balaban J connectivity index is 2.42. The van der Waals surface area contributed by atoms with Gasteiger partial charge in [-0.25, -0.2) is 0 Å². The number of hydrogen-bond donors (Lipinski definition) is 3. The molecule has 0 amide bonds. The molecule has 4 heteroatoms. The normalized spacial score (nSPS) is 11.8. The summed E-state index contributed by atoms with van der Waals surface area (Å²) >= 11 is 0. The molecule has 0 saturated heterocycles. The number of anilines is 1. The molecule has 18 heavy (non-hydrogen) atoms. The number of rotatable bonds is 8. The molecule has 4 nitrogen and oxygen atoms in total. The molecule has 0 spiro atoms. The topological polar surface area (TPSA) is 75.3 Å². The third-order valence-corrected chi connectivity index (χ3v) is 2.64. The first-order chi connectivity index (χ1) is 8.63. The molecule has 0 heterocycles. The summed E-state index contributed by atoms with van der Waals surface area (Å²) in [5.41, 5.74) is 7.44. The number of carboxylic acids is 1. The summed E-state index contributed by atoms with van der Waals surface area (Å²) in [5, 5.41) is 12.0. The van der Waals surface area contributed by atoms with E-state index in [1.54, 1.807) is 0 Å². The molecule has 98 valence electrons. The van der Waals surface area contributed by atoms with Gasteiger partial charge in [-0.05, 0) is 37.0 Å². The number of carbonyl (C=O) groups is 1. The van der Waals surface area contributed by atoms with Gasteiger partial charge in [0.1, 0.15) is 6.04 Å². The molecule has 0 aliphatic rings. The molecule has 0 radical (unpaired) electrons. The maximum Gasteiger partial charge on any atom is 0.320 e. The highest BCUT2D eigenvalue weighted by Gasteiger charge is 2.11. The third-order valence-electron chi connectivity index (χ3n) is 2.64. The average Bonchev–Trinajstić information content (AvgIpc) is 2.36. The van der Waals surface area contributed by atoms with Gasteiger partial charge >= 0.3 is 5.97 Å². The molecular weight excluding hydrogens is 228 g/mol. The van der Waals surface area contributed by atoms with Gasteiger partial charge in [0.25, 0.3) is 0 Å². The Morgan fingerprint density at radius 2 is 2.11 bits per heavy atom. The van der Waals surface area contributed by atoms with E-state index in [1.807, 2.05) is 30.3 Å². The van der Waals surface area contributed by atoms with Crippen molar-refractivity contribution in [3.63, 3.8) is 0 Å². The van der Waals surface area contributed by atoms with Crippen molar-refractivity contribution in [3.05, 3.63) is 42.5 Å². The van der Waals surface area contributed by atoms with Crippen LogP contribution in [0.15, 0.2) is 36.9 Å². The van der Waals surface area contributed by atoms with Gasteiger partial charge in [-0.1, -0.05) is 18.2 Å². The molecular formula is C14H20N2O2. The first-order valence-corrected chi connectivity index (χ1v) is 6.05. The number of allylic oxidation sites excluding steroid dienone is 1. The zero-order valence-corrected chi connectivity index (χ0v) is 10.4. The monoisotopic (exact) mass is 248 g/mol. The van der Waals surface area contributed by atoms with Crippen LogP contribution in [-0.4, -0.2) is 23.7 Å². The van der Waals surface area contributed by atoms with E-state index >= 15 is 0 Å². The van der Waals surface area contributed by atoms with Crippen molar-refractivity contribution in [2.75, 3.05) is 11.9 Å². The van der Waals surface area contributed by atoms with Gasteiger partial charge in [-0.3, -0.25) is 4.79 Å². The van der Waals surface area contributed by atoms with Crippen LogP contribution in [0.2, 0.25) is 0 Å². The van der Waals surface area contributed by atoms with E-state index in [0.717, 1.165) is 30.6 Å². The van der Waals surface area contributed by atoms with E-state index < -0.39 is 12.0 Å². The highest BCUT2D eigenvalue weighted by atomic mass is 16.4. The van der Waals surface area contributed by atoms with E-state index in [4.69, 9.17) is 10.8 Å². The van der Waals surface area contributed by atoms with Gasteiger partial charge < -0.3 is 16.2 Å².